The van der Waals surface area contributed by atoms with Gasteiger partial charge < -0.3 is 15.6 Å². The summed E-state index contributed by atoms with van der Waals surface area (Å²) in [6, 6.07) is 8.07. The van der Waals surface area contributed by atoms with Crippen molar-refractivity contribution in [2.24, 2.45) is 18.7 Å². The summed E-state index contributed by atoms with van der Waals surface area (Å²) >= 11 is 0. The van der Waals surface area contributed by atoms with E-state index in [1.54, 1.807) is 0 Å². The van der Waals surface area contributed by atoms with Crippen LogP contribution in [0.2, 0.25) is 0 Å². The molecule has 1 fully saturated rings. The predicted molar refractivity (Wildman–Crippen MR) is 97.1 cm³/mol. The monoisotopic (exact) mass is 358 g/mol. The van der Waals surface area contributed by atoms with Gasteiger partial charge in [0.2, 0.25) is 5.91 Å². The molecule has 1 saturated carbocycles. The van der Waals surface area contributed by atoms with Gasteiger partial charge in [-0.15, -0.1) is 24.8 Å². The molecule has 0 bridgehead atoms. The lowest BCUT2D eigenvalue weighted by atomic mass is 10.1. The number of fused-ring (bicyclic) bond motifs is 1. The summed E-state index contributed by atoms with van der Waals surface area (Å²) in [4.78, 5) is 16.9. The first kappa shape index (κ1) is 19.7. The second kappa shape index (κ2) is 7.99. The molecule has 3 atom stereocenters. The zero-order valence-electron chi connectivity index (χ0n) is 13.4. The van der Waals surface area contributed by atoms with E-state index >= 15 is 0 Å². The van der Waals surface area contributed by atoms with E-state index < -0.39 is 0 Å². The molecule has 7 heteroatoms. The van der Waals surface area contributed by atoms with Crippen LogP contribution in [0.5, 0.6) is 0 Å². The zero-order chi connectivity index (χ0) is 15.0. The van der Waals surface area contributed by atoms with E-state index in [4.69, 9.17) is 5.73 Å². The van der Waals surface area contributed by atoms with Gasteiger partial charge in [-0.2, -0.15) is 0 Å². The van der Waals surface area contributed by atoms with Crippen molar-refractivity contribution in [2.75, 3.05) is 0 Å². The Balaban J connectivity index is 0.00000132. The van der Waals surface area contributed by atoms with Crippen LogP contribution < -0.4 is 11.1 Å². The summed E-state index contributed by atoms with van der Waals surface area (Å²) in [5.41, 5.74) is 7.92. The number of nitrogens with two attached hydrogens (primary N) is 1. The predicted octanol–water partition coefficient (Wildman–Crippen LogP) is 2.72. The van der Waals surface area contributed by atoms with Crippen molar-refractivity contribution in [3.05, 3.63) is 30.1 Å². The van der Waals surface area contributed by atoms with Gasteiger partial charge in [0.15, 0.2) is 0 Å². The van der Waals surface area contributed by atoms with Crippen LogP contribution in [0.15, 0.2) is 24.3 Å². The number of nitrogens with zero attached hydrogens (tertiary/aromatic N) is 2. The summed E-state index contributed by atoms with van der Waals surface area (Å²) in [6.07, 6.45) is 2.63. The van der Waals surface area contributed by atoms with E-state index in [-0.39, 0.29) is 48.7 Å². The Hall–Kier alpha value is -1.30. The van der Waals surface area contributed by atoms with Crippen molar-refractivity contribution in [1.29, 1.82) is 0 Å². The molecule has 0 spiro atoms. The number of aromatic nitrogens is 2. The van der Waals surface area contributed by atoms with E-state index in [0.717, 1.165) is 36.1 Å². The van der Waals surface area contributed by atoms with Crippen LogP contribution in [-0.2, 0) is 11.8 Å². The second-order valence-electron chi connectivity index (χ2n) is 6.02. The van der Waals surface area contributed by atoms with Crippen LogP contribution in [0.1, 0.15) is 38.1 Å². The standard InChI is InChI=1S/C16H22N4O.2ClH/c1-10(18-16(21)11-7-8-12(17)9-11)15-19-13-5-3-4-6-14(13)20(15)2;;/h3-6,10-12H,7-9,17H2,1-2H3,(H,18,21);2*1H. The maximum atomic E-state index is 12.3. The maximum Gasteiger partial charge on any atom is 0.223 e. The molecule has 1 heterocycles. The van der Waals surface area contributed by atoms with Crippen LogP contribution in [0.4, 0.5) is 0 Å². The van der Waals surface area contributed by atoms with E-state index in [1.165, 1.54) is 0 Å². The summed E-state index contributed by atoms with van der Waals surface area (Å²) < 4.78 is 2.04. The third kappa shape index (κ3) is 3.97. The number of amides is 1. The molecule has 5 nitrogen and oxygen atoms in total. The fraction of sp³-hybridized carbons (Fsp3) is 0.500. The van der Waals surface area contributed by atoms with Crippen molar-refractivity contribution in [3.63, 3.8) is 0 Å². The molecular weight excluding hydrogens is 335 g/mol. The minimum absolute atomic E-state index is 0. The van der Waals surface area contributed by atoms with Crippen LogP contribution in [-0.4, -0.2) is 21.5 Å². The fourth-order valence-electron chi connectivity index (χ4n) is 3.20. The second-order valence-corrected chi connectivity index (χ2v) is 6.02. The lowest BCUT2D eigenvalue weighted by molar-refractivity contribution is -0.125. The largest absolute Gasteiger partial charge is 0.346 e. The van der Waals surface area contributed by atoms with Gasteiger partial charge in [-0.1, -0.05) is 12.1 Å². The van der Waals surface area contributed by atoms with Crippen LogP contribution >= 0.6 is 24.8 Å². The molecule has 0 aliphatic heterocycles. The van der Waals surface area contributed by atoms with Crippen LogP contribution in [0, 0.1) is 5.92 Å². The number of rotatable bonds is 3. The Morgan fingerprint density at radius 1 is 1.35 bits per heavy atom. The summed E-state index contributed by atoms with van der Waals surface area (Å²) in [7, 11) is 1.98. The van der Waals surface area contributed by atoms with Gasteiger partial charge in [0.1, 0.15) is 5.82 Å². The average molecular weight is 359 g/mol. The van der Waals surface area contributed by atoms with E-state index in [1.807, 2.05) is 42.8 Å². The highest BCUT2D eigenvalue weighted by atomic mass is 35.5. The molecular formula is C16H24Cl2N4O. The number of carbonyl (C=O) groups is 1. The maximum absolute atomic E-state index is 12.3. The molecule has 3 unspecified atom stereocenters. The van der Waals surface area contributed by atoms with Gasteiger partial charge in [0.05, 0.1) is 17.1 Å². The Morgan fingerprint density at radius 3 is 2.65 bits per heavy atom. The first-order valence-electron chi connectivity index (χ1n) is 7.53. The van der Waals surface area contributed by atoms with E-state index in [9.17, 15) is 4.79 Å². The summed E-state index contributed by atoms with van der Waals surface area (Å²) in [5, 5.41) is 3.08. The molecule has 0 radical (unpaired) electrons. The van der Waals surface area contributed by atoms with Gasteiger partial charge in [-0.25, -0.2) is 4.98 Å². The van der Waals surface area contributed by atoms with Crippen LogP contribution in [0.25, 0.3) is 11.0 Å². The molecule has 23 heavy (non-hydrogen) atoms. The highest BCUT2D eigenvalue weighted by Crippen LogP contribution is 2.25. The number of aryl methyl sites for hydroxylation is 1. The minimum Gasteiger partial charge on any atom is -0.346 e. The Kier molecular flexibility index (Phi) is 6.86. The van der Waals surface area contributed by atoms with Gasteiger partial charge in [-0.3, -0.25) is 4.79 Å². The number of nitrogens with one attached hydrogen (secondary N) is 1. The number of hydrogen-bond donors (Lipinski definition) is 2. The Bertz CT molecular complexity index is 673. The number of carbonyl (C=O) groups excluding carboxylic acids is 1. The van der Waals surface area contributed by atoms with Crippen molar-refractivity contribution < 1.29 is 4.79 Å². The third-order valence-corrected chi connectivity index (χ3v) is 4.41. The smallest absolute Gasteiger partial charge is 0.223 e. The van der Waals surface area contributed by atoms with Gasteiger partial charge in [0, 0.05) is 19.0 Å². The minimum atomic E-state index is -0.105. The Labute approximate surface area is 148 Å². The van der Waals surface area contributed by atoms with Crippen molar-refractivity contribution in [2.45, 2.75) is 38.3 Å². The van der Waals surface area contributed by atoms with Gasteiger partial charge in [0.25, 0.3) is 0 Å². The first-order chi connectivity index (χ1) is 10.1. The van der Waals surface area contributed by atoms with Crippen molar-refractivity contribution in [1.82, 2.24) is 14.9 Å². The molecule has 1 aromatic heterocycles. The summed E-state index contributed by atoms with van der Waals surface area (Å²) in [5.74, 6) is 1.03. The van der Waals surface area contributed by atoms with Crippen molar-refractivity contribution in [3.8, 4) is 0 Å². The molecule has 2 aromatic rings. The first-order valence-corrected chi connectivity index (χ1v) is 7.53. The molecule has 128 valence electrons. The molecule has 1 amide bonds. The van der Waals surface area contributed by atoms with E-state index in [0.29, 0.717) is 0 Å². The van der Waals surface area contributed by atoms with Crippen LogP contribution in [0.3, 0.4) is 0 Å². The SMILES string of the molecule is CC(NC(=O)C1CCC(N)C1)c1nc2ccccc2n1C.Cl.Cl. The molecule has 1 aromatic carbocycles. The number of hydrogen-bond acceptors (Lipinski definition) is 3. The van der Waals surface area contributed by atoms with E-state index in [2.05, 4.69) is 10.3 Å². The fourth-order valence-corrected chi connectivity index (χ4v) is 3.20. The quantitative estimate of drug-likeness (QED) is 0.885. The lowest BCUT2D eigenvalue weighted by Crippen LogP contribution is -2.33. The number of imidazole rings is 1. The number of halogens is 2. The normalized spacial score (nSPS) is 21.3. The highest BCUT2D eigenvalue weighted by Gasteiger charge is 2.29. The molecule has 3 rings (SSSR count). The highest BCUT2D eigenvalue weighted by molar-refractivity contribution is 5.85. The lowest BCUT2D eigenvalue weighted by Gasteiger charge is -2.17. The van der Waals surface area contributed by atoms with Crippen molar-refractivity contribution >= 4 is 41.8 Å². The zero-order valence-corrected chi connectivity index (χ0v) is 15.0. The number of para-hydroxylation sites is 2. The Morgan fingerprint density at radius 2 is 2.04 bits per heavy atom. The van der Waals surface area contributed by atoms with Gasteiger partial charge in [-0.05, 0) is 38.3 Å². The average Bonchev–Trinajstić information content (AvgIpc) is 3.04. The van der Waals surface area contributed by atoms with Gasteiger partial charge >= 0.3 is 0 Å². The molecule has 1 aliphatic rings. The molecule has 1 aliphatic carbocycles. The molecule has 0 saturated heterocycles. The topological polar surface area (TPSA) is 72.9 Å². The molecule has 3 N–H and O–H groups in total. The number of benzene rings is 1. The third-order valence-electron chi connectivity index (χ3n) is 4.41. The summed E-state index contributed by atoms with van der Waals surface area (Å²) in [6.45, 7) is 1.98.